The van der Waals surface area contributed by atoms with E-state index < -0.39 is 11.8 Å². The van der Waals surface area contributed by atoms with E-state index in [-0.39, 0.29) is 11.3 Å². The van der Waals surface area contributed by atoms with Gasteiger partial charge in [0.1, 0.15) is 0 Å². The van der Waals surface area contributed by atoms with Crippen LogP contribution in [0.2, 0.25) is 0 Å². The van der Waals surface area contributed by atoms with Gasteiger partial charge in [0.2, 0.25) is 0 Å². The predicted molar refractivity (Wildman–Crippen MR) is 124 cm³/mol. The maximum absolute atomic E-state index is 12.9. The molecule has 0 saturated carbocycles. The van der Waals surface area contributed by atoms with E-state index in [4.69, 9.17) is 0 Å². The molecule has 0 aliphatic heterocycles. The molecule has 4 rings (SSSR count). The lowest BCUT2D eigenvalue weighted by molar-refractivity contribution is 0.0843. The lowest BCUT2D eigenvalue weighted by atomic mass is 10.1. The van der Waals surface area contributed by atoms with Crippen molar-refractivity contribution in [3.8, 4) is 5.69 Å². The first-order valence-corrected chi connectivity index (χ1v) is 10.8. The third kappa shape index (κ3) is 4.25. The molecule has 2 heterocycles. The van der Waals surface area contributed by atoms with Crippen molar-refractivity contribution in [2.75, 3.05) is 0 Å². The van der Waals surface area contributed by atoms with E-state index in [1.165, 1.54) is 10.9 Å². The Hall–Kier alpha value is -4.27. The summed E-state index contributed by atoms with van der Waals surface area (Å²) in [6, 6.07) is 16.3. The minimum absolute atomic E-state index is 0.0645. The van der Waals surface area contributed by atoms with Gasteiger partial charge in [-0.2, -0.15) is 10.2 Å². The largest absolute Gasteiger partial charge is 0.290 e. The molecule has 2 amide bonds. The number of fused-ring (bicyclic) bond motifs is 1. The van der Waals surface area contributed by atoms with Crippen LogP contribution in [0.3, 0.4) is 0 Å². The van der Waals surface area contributed by atoms with Crippen LogP contribution in [0.4, 0.5) is 0 Å². The van der Waals surface area contributed by atoms with Crippen LogP contribution in [-0.4, -0.2) is 31.4 Å². The Morgan fingerprint density at radius 1 is 0.909 bits per heavy atom. The van der Waals surface area contributed by atoms with E-state index in [0.29, 0.717) is 41.4 Å². The van der Waals surface area contributed by atoms with Gasteiger partial charge < -0.3 is 0 Å². The number of aromatic nitrogens is 4. The van der Waals surface area contributed by atoms with Crippen molar-refractivity contribution in [3.05, 3.63) is 88.1 Å². The van der Waals surface area contributed by atoms with E-state index >= 15 is 0 Å². The van der Waals surface area contributed by atoms with Gasteiger partial charge in [-0.25, -0.2) is 9.36 Å². The van der Waals surface area contributed by atoms with Gasteiger partial charge in [-0.15, -0.1) is 0 Å². The maximum Gasteiger partial charge on any atom is 0.290 e. The Bertz CT molecular complexity index is 1370. The second-order valence-corrected chi connectivity index (χ2v) is 7.44. The molecule has 0 atom stereocenters. The molecule has 0 saturated heterocycles. The van der Waals surface area contributed by atoms with Crippen molar-refractivity contribution in [2.45, 2.75) is 33.2 Å². The molecule has 0 aliphatic carbocycles. The number of benzene rings is 2. The number of nitrogens with zero attached hydrogens (tertiary/aromatic N) is 4. The molecule has 33 heavy (non-hydrogen) atoms. The summed E-state index contributed by atoms with van der Waals surface area (Å²) in [5, 5.41) is 9.40. The third-order valence-electron chi connectivity index (χ3n) is 5.26. The third-order valence-corrected chi connectivity index (χ3v) is 5.26. The predicted octanol–water partition coefficient (Wildman–Crippen LogP) is 2.63. The number of hydrogen-bond donors (Lipinski definition) is 2. The SMILES string of the molecule is CCCn1nc(C(=O)NNC(=O)c2cnn(-c3ccccc3)c2CC)c2ccccc2c1=O. The first kappa shape index (κ1) is 21.9. The summed E-state index contributed by atoms with van der Waals surface area (Å²) in [6.45, 7) is 4.23. The molecule has 0 aliphatic rings. The molecule has 9 heteroatoms. The Kier molecular flexibility index (Phi) is 6.30. The number of rotatable bonds is 6. The number of carbonyl (C=O) groups excluding carboxylic acids is 2. The van der Waals surface area contributed by atoms with E-state index in [9.17, 15) is 14.4 Å². The molecule has 0 fully saturated rings. The molecular weight excluding hydrogens is 420 g/mol. The average Bonchev–Trinajstić information content (AvgIpc) is 3.29. The Labute approximate surface area is 190 Å². The quantitative estimate of drug-likeness (QED) is 0.444. The lowest BCUT2D eigenvalue weighted by Crippen LogP contribution is -2.43. The number of nitrogens with one attached hydrogen (secondary N) is 2. The van der Waals surface area contributed by atoms with Gasteiger partial charge in [-0.05, 0) is 31.0 Å². The zero-order valence-electron chi connectivity index (χ0n) is 18.4. The van der Waals surface area contributed by atoms with Crippen molar-refractivity contribution >= 4 is 22.6 Å². The molecule has 0 spiro atoms. The van der Waals surface area contributed by atoms with Gasteiger partial charge in [-0.3, -0.25) is 25.2 Å². The van der Waals surface area contributed by atoms with Crippen LogP contribution in [0.5, 0.6) is 0 Å². The summed E-state index contributed by atoms with van der Waals surface area (Å²) in [4.78, 5) is 38.4. The molecule has 2 N–H and O–H groups in total. The molecule has 4 aromatic rings. The Balaban J connectivity index is 1.58. The van der Waals surface area contributed by atoms with Gasteiger partial charge in [0.05, 0.1) is 28.5 Å². The van der Waals surface area contributed by atoms with Crippen LogP contribution in [0.1, 0.15) is 46.8 Å². The molecule has 0 radical (unpaired) electrons. The van der Waals surface area contributed by atoms with Crippen LogP contribution in [0.25, 0.3) is 16.5 Å². The summed E-state index contributed by atoms with van der Waals surface area (Å²) in [5.41, 5.74) is 6.59. The molecule has 0 bridgehead atoms. The summed E-state index contributed by atoms with van der Waals surface area (Å²) >= 11 is 0. The standard InChI is InChI=1S/C24H24N6O3/c1-3-14-29-24(33)18-13-9-8-12-17(18)21(28-29)23(32)27-26-22(31)19-15-25-30(20(19)4-2)16-10-6-5-7-11-16/h5-13,15H,3-4,14H2,1-2H3,(H,26,31)(H,27,32). The lowest BCUT2D eigenvalue weighted by Gasteiger charge is -2.12. The number of para-hydroxylation sites is 1. The van der Waals surface area contributed by atoms with Crippen molar-refractivity contribution in [1.82, 2.24) is 30.4 Å². The van der Waals surface area contributed by atoms with Crippen LogP contribution in [0, 0.1) is 0 Å². The van der Waals surface area contributed by atoms with Gasteiger partial charge in [0.15, 0.2) is 5.69 Å². The molecule has 2 aromatic heterocycles. The number of hydrazine groups is 1. The van der Waals surface area contributed by atoms with E-state index in [1.807, 2.05) is 44.2 Å². The summed E-state index contributed by atoms with van der Waals surface area (Å²) in [7, 11) is 0. The zero-order chi connectivity index (χ0) is 23.4. The van der Waals surface area contributed by atoms with Crippen molar-refractivity contribution in [3.63, 3.8) is 0 Å². The minimum atomic E-state index is -0.613. The Morgan fingerprint density at radius 3 is 2.27 bits per heavy atom. The maximum atomic E-state index is 12.9. The molecule has 168 valence electrons. The molecular formula is C24H24N6O3. The van der Waals surface area contributed by atoms with E-state index in [2.05, 4.69) is 21.0 Å². The summed E-state index contributed by atoms with van der Waals surface area (Å²) in [6.07, 6.45) is 2.73. The van der Waals surface area contributed by atoms with Crippen LogP contribution in [-0.2, 0) is 13.0 Å². The minimum Gasteiger partial charge on any atom is -0.267 e. The second kappa shape index (κ2) is 9.47. The first-order valence-electron chi connectivity index (χ1n) is 10.8. The van der Waals surface area contributed by atoms with Gasteiger partial charge in [0, 0.05) is 11.9 Å². The van der Waals surface area contributed by atoms with Crippen LogP contribution in [0.15, 0.2) is 65.6 Å². The first-order chi connectivity index (χ1) is 16.0. The van der Waals surface area contributed by atoms with E-state index in [1.54, 1.807) is 28.9 Å². The fourth-order valence-electron chi connectivity index (χ4n) is 3.70. The number of carbonyl (C=O) groups is 2. The monoisotopic (exact) mass is 444 g/mol. The van der Waals surface area contributed by atoms with Gasteiger partial charge in [0.25, 0.3) is 17.4 Å². The second-order valence-electron chi connectivity index (χ2n) is 7.44. The summed E-state index contributed by atoms with van der Waals surface area (Å²) in [5.74, 6) is -1.11. The van der Waals surface area contributed by atoms with Crippen molar-refractivity contribution < 1.29 is 9.59 Å². The Morgan fingerprint density at radius 2 is 1.58 bits per heavy atom. The number of aryl methyl sites for hydroxylation is 1. The average molecular weight is 444 g/mol. The van der Waals surface area contributed by atoms with Crippen LogP contribution >= 0.6 is 0 Å². The highest BCUT2D eigenvalue weighted by Gasteiger charge is 2.20. The van der Waals surface area contributed by atoms with Crippen molar-refractivity contribution in [1.29, 1.82) is 0 Å². The number of hydrogen-bond acceptors (Lipinski definition) is 5. The zero-order valence-corrected chi connectivity index (χ0v) is 18.4. The van der Waals surface area contributed by atoms with Crippen LogP contribution < -0.4 is 16.4 Å². The van der Waals surface area contributed by atoms with Gasteiger partial charge >= 0.3 is 0 Å². The highest BCUT2D eigenvalue weighted by atomic mass is 16.2. The fraction of sp³-hybridized carbons (Fsp3) is 0.208. The molecule has 2 aromatic carbocycles. The highest BCUT2D eigenvalue weighted by Crippen LogP contribution is 2.16. The number of amides is 2. The van der Waals surface area contributed by atoms with E-state index in [0.717, 1.165) is 5.69 Å². The smallest absolute Gasteiger partial charge is 0.267 e. The highest BCUT2D eigenvalue weighted by molar-refractivity contribution is 6.06. The van der Waals surface area contributed by atoms with Crippen molar-refractivity contribution in [2.24, 2.45) is 0 Å². The normalized spacial score (nSPS) is 10.8. The van der Waals surface area contributed by atoms with Gasteiger partial charge in [-0.1, -0.05) is 50.2 Å². The molecule has 9 nitrogen and oxygen atoms in total. The molecule has 0 unspecified atom stereocenters. The fourth-order valence-corrected chi connectivity index (χ4v) is 3.70. The topological polar surface area (TPSA) is 111 Å². The summed E-state index contributed by atoms with van der Waals surface area (Å²) < 4.78 is 2.98.